The fourth-order valence-electron chi connectivity index (χ4n) is 8.13. The van der Waals surface area contributed by atoms with Crippen molar-refractivity contribution in [2.24, 2.45) is 0 Å². The summed E-state index contributed by atoms with van der Waals surface area (Å²) in [6.07, 6.45) is 57.8. The molecule has 358 valence electrons. The largest absolute Gasteiger partial charge is 0.462 e. The third-order valence-electron chi connectivity index (χ3n) is 12.2. The number of aliphatic hydroxyl groups excluding tert-OH is 2. The minimum Gasteiger partial charge on any atom is -0.462 e. The second-order valence-corrected chi connectivity index (χ2v) is 18.3. The van der Waals surface area contributed by atoms with Crippen LogP contribution in [0.15, 0.2) is 36.5 Å². The van der Waals surface area contributed by atoms with Crippen molar-refractivity contribution < 1.29 is 24.5 Å². The lowest BCUT2D eigenvalue weighted by Crippen LogP contribution is -2.46. The Hall–Kier alpha value is -1.92. The van der Waals surface area contributed by atoms with E-state index in [1.807, 2.05) is 0 Å². The van der Waals surface area contributed by atoms with Crippen molar-refractivity contribution in [3.8, 4) is 0 Å². The Morgan fingerprint density at radius 3 is 1.30 bits per heavy atom. The highest BCUT2D eigenvalue weighted by molar-refractivity contribution is 5.77. The van der Waals surface area contributed by atoms with Gasteiger partial charge in [0.05, 0.1) is 25.2 Å². The molecule has 0 aromatic rings. The third kappa shape index (κ3) is 44.5. The van der Waals surface area contributed by atoms with Gasteiger partial charge < -0.3 is 20.3 Å². The Labute approximate surface area is 379 Å². The summed E-state index contributed by atoms with van der Waals surface area (Å²) in [6.45, 7) is 6.47. The van der Waals surface area contributed by atoms with Gasteiger partial charge in [-0.25, -0.2) is 0 Å². The van der Waals surface area contributed by atoms with E-state index < -0.39 is 18.2 Å². The molecule has 6 nitrogen and oxygen atoms in total. The summed E-state index contributed by atoms with van der Waals surface area (Å²) in [5.41, 5.74) is 0. The van der Waals surface area contributed by atoms with Gasteiger partial charge in [0.2, 0.25) is 5.91 Å². The fourth-order valence-corrected chi connectivity index (χ4v) is 8.13. The highest BCUT2D eigenvalue weighted by Crippen LogP contribution is 2.17. The zero-order chi connectivity index (χ0) is 44.5. The molecule has 0 radical (unpaired) electrons. The Kier molecular flexibility index (Phi) is 47.6. The minimum atomic E-state index is -0.795. The van der Waals surface area contributed by atoms with Crippen molar-refractivity contribution in [2.75, 3.05) is 6.61 Å². The van der Waals surface area contributed by atoms with Gasteiger partial charge in [-0.2, -0.15) is 0 Å². The Balaban J connectivity index is 4.54. The van der Waals surface area contributed by atoms with Crippen LogP contribution in [0.5, 0.6) is 0 Å². The first-order valence-electron chi connectivity index (χ1n) is 26.7. The first-order chi connectivity index (χ1) is 30.0. The fraction of sp³-hybridized carbons (Fsp3) is 0.855. The molecule has 0 heterocycles. The van der Waals surface area contributed by atoms with Crippen LogP contribution in [0.3, 0.4) is 0 Å². The summed E-state index contributed by atoms with van der Waals surface area (Å²) >= 11 is 0. The lowest BCUT2D eigenvalue weighted by molar-refractivity contribution is -0.151. The number of hydrogen-bond donors (Lipinski definition) is 3. The lowest BCUT2D eigenvalue weighted by atomic mass is 10.0. The van der Waals surface area contributed by atoms with Gasteiger partial charge in [0.1, 0.15) is 6.10 Å². The smallest absolute Gasteiger partial charge is 0.306 e. The molecule has 0 fully saturated rings. The average molecular weight is 858 g/mol. The maximum absolute atomic E-state index is 13.2. The van der Waals surface area contributed by atoms with Gasteiger partial charge in [-0.05, 0) is 70.6 Å². The van der Waals surface area contributed by atoms with E-state index in [-0.39, 0.29) is 24.9 Å². The maximum atomic E-state index is 13.2. The Morgan fingerprint density at radius 1 is 0.475 bits per heavy atom. The first-order valence-corrected chi connectivity index (χ1v) is 26.7. The molecule has 0 aromatic heterocycles. The number of carbonyl (C=O) groups is 2. The molecule has 0 saturated carbocycles. The molecule has 0 aromatic carbocycles. The van der Waals surface area contributed by atoms with E-state index in [0.29, 0.717) is 19.3 Å². The van der Waals surface area contributed by atoms with E-state index in [2.05, 4.69) is 62.5 Å². The van der Waals surface area contributed by atoms with E-state index in [9.17, 15) is 19.8 Å². The summed E-state index contributed by atoms with van der Waals surface area (Å²) in [5.74, 6) is -0.513. The van der Waals surface area contributed by atoms with Crippen LogP contribution < -0.4 is 5.32 Å². The van der Waals surface area contributed by atoms with Crippen LogP contribution in [0.2, 0.25) is 0 Å². The molecular weight excluding hydrogens is 755 g/mol. The van der Waals surface area contributed by atoms with E-state index in [0.717, 1.165) is 70.6 Å². The third-order valence-corrected chi connectivity index (χ3v) is 12.2. The highest BCUT2D eigenvalue weighted by Gasteiger charge is 2.24. The number of rotatable bonds is 48. The van der Waals surface area contributed by atoms with Crippen molar-refractivity contribution in [2.45, 2.75) is 296 Å². The molecule has 3 unspecified atom stereocenters. The van der Waals surface area contributed by atoms with E-state index in [1.165, 1.54) is 161 Å². The molecular formula is C55H103NO5. The predicted octanol–water partition coefficient (Wildman–Crippen LogP) is 16.1. The van der Waals surface area contributed by atoms with Crippen LogP contribution in [0, 0.1) is 0 Å². The zero-order valence-corrected chi connectivity index (χ0v) is 40.8. The summed E-state index contributed by atoms with van der Waals surface area (Å²) in [4.78, 5) is 26.1. The van der Waals surface area contributed by atoms with Crippen LogP contribution in [0.4, 0.5) is 0 Å². The lowest BCUT2D eigenvalue weighted by Gasteiger charge is -2.24. The molecule has 0 aliphatic heterocycles. The number of unbranched alkanes of at least 4 members (excludes halogenated alkanes) is 31. The molecule has 6 heteroatoms. The zero-order valence-electron chi connectivity index (χ0n) is 40.8. The quantitative estimate of drug-likeness (QED) is 0.0245. The normalized spacial score (nSPS) is 13.5. The summed E-state index contributed by atoms with van der Waals surface area (Å²) in [7, 11) is 0. The van der Waals surface area contributed by atoms with Crippen molar-refractivity contribution >= 4 is 11.9 Å². The summed E-state index contributed by atoms with van der Waals surface area (Å²) < 4.78 is 5.91. The first kappa shape index (κ1) is 59.1. The SMILES string of the molecule is CCCCCCCC/C=C\CCCC(CC(=O)NC(CO)C(O)CCCCCCCCCCCCCCC)OC(=O)CCCCCCC/C=C/C=C/CCCCCCCCC. The van der Waals surface area contributed by atoms with E-state index in [4.69, 9.17) is 4.74 Å². The van der Waals surface area contributed by atoms with E-state index >= 15 is 0 Å². The predicted molar refractivity (Wildman–Crippen MR) is 264 cm³/mol. The summed E-state index contributed by atoms with van der Waals surface area (Å²) in [5, 5.41) is 23.8. The number of carbonyl (C=O) groups excluding carboxylic acids is 2. The van der Waals surface area contributed by atoms with Crippen LogP contribution in [-0.2, 0) is 14.3 Å². The number of hydrogen-bond acceptors (Lipinski definition) is 5. The van der Waals surface area contributed by atoms with Crippen molar-refractivity contribution in [3.63, 3.8) is 0 Å². The number of aliphatic hydroxyl groups is 2. The summed E-state index contributed by atoms with van der Waals surface area (Å²) in [6, 6.07) is -0.710. The maximum Gasteiger partial charge on any atom is 0.306 e. The van der Waals surface area contributed by atoms with E-state index in [1.54, 1.807) is 0 Å². The van der Waals surface area contributed by atoms with Gasteiger partial charge in [0.15, 0.2) is 0 Å². The highest BCUT2D eigenvalue weighted by atomic mass is 16.5. The van der Waals surface area contributed by atoms with Crippen LogP contribution in [0.1, 0.15) is 278 Å². The molecule has 0 saturated heterocycles. The Bertz CT molecular complexity index is 1010. The molecule has 61 heavy (non-hydrogen) atoms. The van der Waals surface area contributed by atoms with Crippen LogP contribution in [-0.4, -0.2) is 46.9 Å². The Morgan fingerprint density at radius 2 is 0.852 bits per heavy atom. The van der Waals surface area contributed by atoms with Gasteiger partial charge in [0, 0.05) is 6.42 Å². The molecule has 0 spiro atoms. The molecule has 1 amide bonds. The second-order valence-electron chi connectivity index (χ2n) is 18.3. The van der Waals surface area contributed by atoms with Crippen LogP contribution in [0.25, 0.3) is 0 Å². The monoisotopic (exact) mass is 858 g/mol. The van der Waals surface area contributed by atoms with Gasteiger partial charge in [-0.15, -0.1) is 0 Å². The van der Waals surface area contributed by atoms with Crippen molar-refractivity contribution in [1.82, 2.24) is 5.32 Å². The minimum absolute atomic E-state index is 0.0526. The number of ether oxygens (including phenoxy) is 1. The molecule has 3 atom stereocenters. The molecule has 0 bridgehead atoms. The molecule has 0 aliphatic carbocycles. The van der Waals surface area contributed by atoms with Gasteiger partial charge in [-0.1, -0.05) is 231 Å². The van der Waals surface area contributed by atoms with Crippen LogP contribution >= 0.6 is 0 Å². The molecule has 0 rings (SSSR count). The topological polar surface area (TPSA) is 95.9 Å². The van der Waals surface area contributed by atoms with Crippen molar-refractivity contribution in [1.29, 1.82) is 0 Å². The number of nitrogens with one attached hydrogen (secondary N) is 1. The van der Waals surface area contributed by atoms with Gasteiger partial charge in [-0.3, -0.25) is 9.59 Å². The number of esters is 1. The van der Waals surface area contributed by atoms with Gasteiger partial charge >= 0.3 is 5.97 Å². The van der Waals surface area contributed by atoms with Gasteiger partial charge in [0.25, 0.3) is 0 Å². The van der Waals surface area contributed by atoms with Crippen molar-refractivity contribution in [3.05, 3.63) is 36.5 Å². The molecule has 0 aliphatic rings. The molecule has 3 N–H and O–H groups in total. The second kappa shape index (κ2) is 49.1. The number of allylic oxidation sites excluding steroid dienone is 6. The number of amides is 1. The average Bonchev–Trinajstić information content (AvgIpc) is 3.25. The standard InChI is InChI=1S/C55H103NO5/c1-4-7-10-13-16-19-22-24-25-26-27-28-30-33-36-39-42-45-48-55(60)61-51(46-43-40-37-34-31-21-18-15-12-9-6-3)49-54(59)56-52(50-57)53(58)47-44-41-38-35-32-29-23-20-17-14-11-8-5-2/h25-28,34,37,51-53,57-58H,4-24,29-33,35-36,38-50H2,1-3H3,(H,56,59)/b26-25+,28-27+,37-34-.